The highest BCUT2D eigenvalue weighted by molar-refractivity contribution is 6.30. The van der Waals surface area contributed by atoms with E-state index in [0.29, 0.717) is 24.7 Å². The molecule has 6 nitrogen and oxygen atoms in total. The van der Waals surface area contributed by atoms with E-state index in [-0.39, 0.29) is 18.0 Å². The largest absolute Gasteiger partial charge is 0.494 e. The summed E-state index contributed by atoms with van der Waals surface area (Å²) >= 11 is 6.09. The number of piperazine rings is 1. The third-order valence-corrected chi connectivity index (χ3v) is 7.08. The third-order valence-electron chi connectivity index (χ3n) is 6.83. The molecule has 2 aromatic carbocycles. The summed E-state index contributed by atoms with van der Waals surface area (Å²) in [5.41, 5.74) is 6.54. The SMILES string of the molecule is CC.CCCCCC1CN(Cc2cccc(OCCCN(C)C)c2)C(=O)C2=CC(c3ccc(Cl)cc3)NN21. The van der Waals surface area contributed by atoms with Crippen molar-refractivity contribution in [3.63, 3.8) is 0 Å². The zero-order valence-electron chi connectivity index (χ0n) is 23.8. The minimum absolute atomic E-state index is 0.0336. The summed E-state index contributed by atoms with van der Waals surface area (Å²) in [6, 6.07) is 16.2. The fraction of sp³-hybridized carbons (Fsp3) is 0.516. The van der Waals surface area contributed by atoms with Crippen LogP contribution in [0.5, 0.6) is 5.75 Å². The monoisotopic (exact) mass is 540 g/mol. The van der Waals surface area contributed by atoms with Gasteiger partial charge in [0.15, 0.2) is 0 Å². The number of ether oxygens (including phenoxy) is 1. The maximum absolute atomic E-state index is 13.6. The fourth-order valence-electron chi connectivity index (χ4n) is 4.90. The van der Waals surface area contributed by atoms with E-state index >= 15 is 0 Å². The van der Waals surface area contributed by atoms with Gasteiger partial charge in [-0.25, -0.2) is 5.43 Å². The highest BCUT2D eigenvalue weighted by Gasteiger charge is 2.40. The Bertz CT molecular complexity index is 1040. The van der Waals surface area contributed by atoms with Gasteiger partial charge in [0.2, 0.25) is 0 Å². The molecule has 0 radical (unpaired) electrons. The van der Waals surface area contributed by atoms with Crippen LogP contribution in [0.15, 0.2) is 60.3 Å². The molecule has 7 heteroatoms. The first-order chi connectivity index (χ1) is 18.4. The minimum atomic E-state index is -0.0336. The maximum Gasteiger partial charge on any atom is 0.271 e. The summed E-state index contributed by atoms with van der Waals surface area (Å²) in [7, 11) is 4.14. The smallest absolute Gasteiger partial charge is 0.271 e. The van der Waals surface area contributed by atoms with Crippen LogP contribution in [0.25, 0.3) is 0 Å². The number of nitrogens with one attached hydrogen (secondary N) is 1. The van der Waals surface area contributed by atoms with Gasteiger partial charge in [-0.2, -0.15) is 0 Å². The first kappa shape index (κ1) is 30.0. The van der Waals surface area contributed by atoms with Crippen LogP contribution in [-0.2, 0) is 11.3 Å². The number of fused-ring (bicyclic) bond motifs is 1. The van der Waals surface area contributed by atoms with Gasteiger partial charge in [-0.3, -0.25) is 9.80 Å². The first-order valence-corrected chi connectivity index (χ1v) is 14.5. The molecule has 2 aliphatic heterocycles. The molecule has 1 saturated heterocycles. The van der Waals surface area contributed by atoms with E-state index < -0.39 is 0 Å². The molecule has 2 aliphatic rings. The molecule has 2 unspecified atom stereocenters. The molecule has 38 heavy (non-hydrogen) atoms. The number of carbonyl (C=O) groups excluding carboxylic acids is 1. The Morgan fingerprint density at radius 3 is 2.55 bits per heavy atom. The average Bonchev–Trinajstić information content (AvgIpc) is 3.37. The molecule has 4 rings (SSSR count). The quantitative estimate of drug-likeness (QED) is 0.314. The summed E-state index contributed by atoms with van der Waals surface area (Å²) < 4.78 is 5.97. The molecule has 1 amide bonds. The molecule has 2 atom stereocenters. The van der Waals surface area contributed by atoms with Crippen LogP contribution >= 0.6 is 11.6 Å². The minimum Gasteiger partial charge on any atom is -0.494 e. The fourth-order valence-corrected chi connectivity index (χ4v) is 5.03. The molecular formula is C31H45ClN4O2. The van der Waals surface area contributed by atoms with Gasteiger partial charge >= 0.3 is 0 Å². The van der Waals surface area contributed by atoms with E-state index in [9.17, 15) is 4.79 Å². The molecule has 208 valence electrons. The lowest BCUT2D eigenvalue weighted by molar-refractivity contribution is -0.135. The van der Waals surface area contributed by atoms with Gasteiger partial charge in [0.05, 0.1) is 18.7 Å². The Kier molecular flexibility index (Phi) is 12.0. The van der Waals surface area contributed by atoms with Gasteiger partial charge in [0.25, 0.3) is 5.91 Å². The molecular weight excluding hydrogens is 496 g/mol. The number of nitrogens with zero attached hydrogens (tertiary/aromatic N) is 3. The number of hydrogen-bond donors (Lipinski definition) is 1. The Hall–Kier alpha value is -2.54. The predicted molar refractivity (Wildman–Crippen MR) is 157 cm³/mol. The molecule has 0 aromatic heterocycles. The van der Waals surface area contributed by atoms with Gasteiger partial charge in [0, 0.05) is 24.7 Å². The summed E-state index contributed by atoms with van der Waals surface area (Å²) in [5, 5.41) is 2.84. The van der Waals surface area contributed by atoms with E-state index in [0.717, 1.165) is 48.4 Å². The molecule has 1 fully saturated rings. The number of amides is 1. The Morgan fingerprint density at radius 2 is 1.84 bits per heavy atom. The van der Waals surface area contributed by atoms with Crippen LogP contribution in [0, 0.1) is 0 Å². The number of hydrogen-bond acceptors (Lipinski definition) is 5. The van der Waals surface area contributed by atoms with Crippen molar-refractivity contribution in [2.45, 2.75) is 71.5 Å². The van der Waals surface area contributed by atoms with Crippen molar-refractivity contribution in [2.75, 3.05) is 33.8 Å². The van der Waals surface area contributed by atoms with Crippen molar-refractivity contribution >= 4 is 17.5 Å². The summed E-state index contributed by atoms with van der Waals surface area (Å²) in [6.07, 6.45) is 7.62. The van der Waals surface area contributed by atoms with E-state index in [4.69, 9.17) is 16.3 Å². The van der Waals surface area contributed by atoms with Crippen molar-refractivity contribution in [1.82, 2.24) is 20.2 Å². The lowest BCUT2D eigenvalue weighted by Gasteiger charge is -2.41. The second kappa shape index (κ2) is 15.2. The van der Waals surface area contributed by atoms with Gasteiger partial charge in [0.1, 0.15) is 11.4 Å². The number of benzene rings is 2. The number of halogens is 1. The molecule has 1 N–H and O–H groups in total. The van der Waals surface area contributed by atoms with Crippen molar-refractivity contribution in [3.8, 4) is 5.75 Å². The van der Waals surface area contributed by atoms with Crippen LogP contribution < -0.4 is 10.2 Å². The van der Waals surface area contributed by atoms with Crippen LogP contribution in [0.4, 0.5) is 0 Å². The van der Waals surface area contributed by atoms with Crippen LogP contribution in [0.1, 0.15) is 70.0 Å². The highest BCUT2D eigenvalue weighted by Crippen LogP contribution is 2.33. The van der Waals surface area contributed by atoms with Gasteiger partial charge in [-0.05, 0) is 68.4 Å². The van der Waals surface area contributed by atoms with Gasteiger partial charge in [-0.15, -0.1) is 0 Å². The van der Waals surface area contributed by atoms with E-state index in [1.807, 2.05) is 55.1 Å². The van der Waals surface area contributed by atoms with Crippen LogP contribution in [0.2, 0.25) is 5.02 Å². The second-order valence-corrected chi connectivity index (χ2v) is 10.5. The molecule has 0 saturated carbocycles. The highest BCUT2D eigenvalue weighted by atomic mass is 35.5. The second-order valence-electron chi connectivity index (χ2n) is 10.1. The van der Waals surface area contributed by atoms with Crippen molar-refractivity contribution in [1.29, 1.82) is 0 Å². The average molecular weight is 541 g/mol. The topological polar surface area (TPSA) is 48.1 Å². The zero-order chi connectivity index (χ0) is 27.5. The molecule has 0 bridgehead atoms. The third kappa shape index (κ3) is 8.23. The van der Waals surface area contributed by atoms with Crippen LogP contribution in [0.3, 0.4) is 0 Å². The Balaban J connectivity index is 0.00000195. The van der Waals surface area contributed by atoms with Crippen molar-refractivity contribution in [2.24, 2.45) is 0 Å². The molecule has 2 heterocycles. The van der Waals surface area contributed by atoms with E-state index in [1.165, 1.54) is 12.8 Å². The lowest BCUT2D eigenvalue weighted by Crippen LogP contribution is -2.56. The molecule has 0 spiro atoms. The van der Waals surface area contributed by atoms with Gasteiger partial charge < -0.3 is 14.5 Å². The number of rotatable bonds is 12. The maximum atomic E-state index is 13.6. The summed E-state index contributed by atoms with van der Waals surface area (Å²) in [4.78, 5) is 17.8. The molecule has 0 aliphatic carbocycles. The number of unbranched alkanes of at least 4 members (excludes halogenated alkanes) is 2. The number of hydrazine groups is 1. The zero-order valence-corrected chi connectivity index (χ0v) is 24.5. The predicted octanol–water partition coefficient (Wildman–Crippen LogP) is 6.43. The Labute approximate surface area is 234 Å². The van der Waals surface area contributed by atoms with Crippen molar-refractivity contribution < 1.29 is 9.53 Å². The van der Waals surface area contributed by atoms with Crippen molar-refractivity contribution in [3.05, 3.63) is 76.5 Å². The summed E-state index contributed by atoms with van der Waals surface area (Å²) in [6.45, 7) is 9.19. The lowest BCUT2D eigenvalue weighted by atomic mass is 10.0. The van der Waals surface area contributed by atoms with Gasteiger partial charge in [-0.1, -0.05) is 75.9 Å². The number of carbonyl (C=O) groups is 1. The van der Waals surface area contributed by atoms with Crippen LogP contribution in [-0.4, -0.2) is 60.5 Å². The summed E-state index contributed by atoms with van der Waals surface area (Å²) in [5.74, 6) is 0.935. The first-order valence-electron chi connectivity index (χ1n) is 14.1. The molecule has 2 aromatic rings. The standard InChI is InChI=1S/C29H39ClN4O2.C2H6/c1-4-5-6-10-25-21-33(20-22-9-7-11-26(18-22)36-17-8-16-32(2)3)29(35)28-19-27(31-34(25)28)23-12-14-24(30)15-13-23;1-2/h7,9,11-15,18-19,25,27,31H,4-6,8,10,16-17,20-21H2,1-3H3;1-2H3. The van der Waals surface area contributed by atoms with E-state index in [2.05, 4.69) is 54.6 Å². The van der Waals surface area contributed by atoms with E-state index in [1.54, 1.807) is 0 Å². The Morgan fingerprint density at radius 1 is 1.08 bits per heavy atom. The normalized spacial score (nSPS) is 18.7.